The fourth-order valence-corrected chi connectivity index (χ4v) is 2.32. The molecule has 2 atom stereocenters. The molecule has 2 unspecified atom stereocenters. The lowest BCUT2D eigenvalue weighted by Crippen LogP contribution is -2.35. The molecule has 0 aliphatic heterocycles. The first-order chi connectivity index (χ1) is 6.25. The molecule has 0 spiro atoms. The van der Waals surface area contributed by atoms with Crippen LogP contribution in [0, 0.1) is 6.92 Å². The van der Waals surface area contributed by atoms with Gasteiger partial charge in [0.05, 0.1) is 0 Å². The first-order valence-corrected chi connectivity index (χ1v) is 5.35. The number of hydrogen-bond acceptors (Lipinski definition) is 5. The number of rotatable bonds is 2. The normalized spacial score (nSPS) is 27.8. The highest BCUT2D eigenvalue weighted by Crippen LogP contribution is 2.22. The Labute approximate surface area is 81.7 Å². The summed E-state index contributed by atoms with van der Waals surface area (Å²) in [6, 6.07) is 0.677. The summed E-state index contributed by atoms with van der Waals surface area (Å²) in [7, 11) is 0. The molecule has 1 aromatic heterocycles. The molecule has 1 fully saturated rings. The second kappa shape index (κ2) is 3.59. The van der Waals surface area contributed by atoms with Gasteiger partial charge in [-0.25, -0.2) is 4.98 Å². The monoisotopic (exact) mass is 198 g/mol. The third-order valence-electron chi connectivity index (χ3n) is 2.41. The van der Waals surface area contributed by atoms with E-state index in [1.807, 2.05) is 6.92 Å². The Morgan fingerprint density at radius 1 is 1.54 bits per heavy atom. The van der Waals surface area contributed by atoms with E-state index in [9.17, 15) is 0 Å². The van der Waals surface area contributed by atoms with Gasteiger partial charge in [-0.1, -0.05) is 0 Å². The highest BCUT2D eigenvalue weighted by molar-refractivity contribution is 7.09. The molecular formula is C8H14N4S. The number of nitrogens with one attached hydrogen (secondary N) is 1. The largest absolute Gasteiger partial charge is 0.356 e. The van der Waals surface area contributed by atoms with Gasteiger partial charge in [-0.05, 0) is 26.2 Å². The Bertz CT molecular complexity index is 285. The molecule has 0 saturated heterocycles. The quantitative estimate of drug-likeness (QED) is 0.748. The highest BCUT2D eigenvalue weighted by atomic mass is 32.1. The fourth-order valence-electron chi connectivity index (χ4n) is 1.68. The topological polar surface area (TPSA) is 63.8 Å². The average Bonchev–Trinajstić information content (AvgIpc) is 2.64. The van der Waals surface area contributed by atoms with Crippen molar-refractivity contribution in [2.75, 3.05) is 5.32 Å². The van der Waals surface area contributed by atoms with Crippen molar-refractivity contribution in [2.24, 2.45) is 5.73 Å². The smallest absolute Gasteiger partial charge is 0.202 e. The second-order valence-corrected chi connectivity index (χ2v) is 4.24. The minimum absolute atomic E-state index is 0.282. The van der Waals surface area contributed by atoms with Crippen LogP contribution in [0.4, 0.5) is 5.13 Å². The van der Waals surface area contributed by atoms with Crippen LogP contribution in [0.15, 0.2) is 0 Å². The van der Waals surface area contributed by atoms with E-state index in [2.05, 4.69) is 14.7 Å². The lowest BCUT2D eigenvalue weighted by atomic mass is 10.2. The maximum atomic E-state index is 5.93. The van der Waals surface area contributed by atoms with E-state index in [1.54, 1.807) is 0 Å². The van der Waals surface area contributed by atoms with Gasteiger partial charge in [0.25, 0.3) is 0 Å². The van der Waals surface area contributed by atoms with Crippen LogP contribution in [0.2, 0.25) is 0 Å². The minimum atomic E-state index is 0.282. The molecule has 0 radical (unpaired) electrons. The van der Waals surface area contributed by atoms with E-state index >= 15 is 0 Å². The van der Waals surface area contributed by atoms with Crippen molar-refractivity contribution >= 4 is 16.7 Å². The first kappa shape index (κ1) is 8.90. The summed E-state index contributed by atoms with van der Waals surface area (Å²) in [4.78, 5) is 4.25. The maximum absolute atomic E-state index is 5.93. The van der Waals surface area contributed by atoms with E-state index < -0.39 is 0 Å². The molecule has 1 aliphatic carbocycles. The van der Waals surface area contributed by atoms with Gasteiger partial charge in [0.2, 0.25) is 5.13 Å². The van der Waals surface area contributed by atoms with E-state index in [-0.39, 0.29) is 6.04 Å². The van der Waals surface area contributed by atoms with E-state index in [0.717, 1.165) is 23.8 Å². The molecule has 13 heavy (non-hydrogen) atoms. The molecule has 1 aliphatic rings. The third-order valence-corrected chi connectivity index (χ3v) is 3.14. The van der Waals surface area contributed by atoms with E-state index in [4.69, 9.17) is 5.73 Å². The van der Waals surface area contributed by atoms with Gasteiger partial charge in [0.15, 0.2) is 0 Å². The molecule has 0 bridgehead atoms. The molecular weight excluding hydrogens is 184 g/mol. The molecule has 2 rings (SSSR count). The van der Waals surface area contributed by atoms with Crippen molar-refractivity contribution in [3.8, 4) is 0 Å². The van der Waals surface area contributed by atoms with E-state index in [1.165, 1.54) is 18.0 Å². The van der Waals surface area contributed by atoms with Crippen LogP contribution in [0.25, 0.3) is 0 Å². The Hall–Kier alpha value is -0.680. The number of hydrogen-bond donors (Lipinski definition) is 2. The summed E-state index contributed by atoms with van der Waals surface area (Å²) < 4.78 is 4.11. The van der Waals surface area contributed by atoms with Crippen molar-refractivity contribution in [1.29, 1.82) is 0 Å². The molecule has 1 aromatic rings. The minimum Gasteiger partial charge on any atom is -0.356 e. The summed E-state index contributed by atoms with van der Waals surface area (Å²) in [5, 5.41) is 4.23. The lowest BCUT2D eigenvalue weighted by Gasteiger charge is -2.15. The van der Waals surface area contributed by atoms with Crippen LogP contribution < -0.4 is 11.1 Å². The Kier molecular flexibility index (Phi) is 2.46. The molecule has 1 heterocycles. The SMILES string of the molecule is Cc1nsc(NC2CCCC2N)n1. The van der Waals surface area contributed by atoms with Gasteiger partial charge in [-0.2, -0.15) is 4.37 Å². The predicted octanol–water partition coefficient (Wildman–Crippen LogP) is 1.14. The van der Waals surface area contributed by atoms with Gasteiger partial charge < -0.3 is 11.1 Å². The Balaban J connectivity index is 1.97. The van der Waals surface area contributed by atoms with Gasteiger partial charge >= 0.3 is 0 Å². The van der Waals surface area contributed by atoms with Crippen LogP contribution in [0.1, 0.15) is 25.1 Å². The van der Waals surface area contributed by atoms with Crippen molar-refractivity contribution < 1.29 is 0 Å². The standard InChI is InChI=1S/C8H14N4S/c1-5-10-8(13-12-5)11-7-4-2-3-6(7)9/h6-7H,2-4,9H2,1H3,(H,10,11,12). The van der Waals surface area contributed by atoms with Gasteiger partial charge in [-0.15, -0.1) is 0 Å². The van der Waals surface area contributed by atoms with E-state index in [0.29, 0.717) is 6.04 Å². The summed E-state index contributed by atoms with van der Waals surface area (Å²) >= 11 is 1.41. The van der Waals surface area contributed by atoms with Gasteiger partial charge in [-0.3, -0.25) is 0 Å². The van der Waals surface area contributed by atoms with Crippen LogP contribution in [-0.2, 0) is 0 Å². The summed E-state index contributed by atoms with van der Waals surface area (Å²) in [6.45, 7) is 1.90. The molecule has 0 aromatic carbocycles. The van der Waals surface area contributed by atoms with Crippen molar-refractivity contribution in [1.82, 2.24) is 9.36 Å². The summed E-state index contributed by atoms with van der Waals surface area (Å²) in [5.74, 6) is 0.832. The van der Waals surface area contributed by atoms with Gasteiger partial charge in [0.1, 0.15) is 5.82 Å². The average molecular weight is 198 g/mol. The van der Waals surface area contributed by atoms with Crippen LogP contribution in [-0.4, -0.2) is 21.4 Å². The van der Waals surface area contributed by atoms with Crippen LogP contribution >= 0.6 is 11.5 Å². The lowest BCUT2D eigenvalue weighted by molar-refractivity contribution is 0.637. The molecule has 1 saturated carbocycles. The summed E-state index contributed by atoms with van der Waals surface area (Å²) in [5.41, 5.74) is 5.93. The van der Waals surface area contributed by atoms with Crippen molar-refractivity contribution in [2.45, 2.75) is 38.3 Å². The zero-order valence-electron chi connectivity index (χ0n) is 7.66. The number of nitrogens with two attached hydrogens (primary N) is 1. The number of nitrogens with zero attached hydrogens (tertiary/aromatic N) is 2. The molecule has 5 heteroatoms. The van der Waals surface area contributed by atoms with Gasteiger partial charge in [0, 0.05) is 23.6 Å². The number of aromatic nitrogens is 2. The van der Waals surface area contributed by atoms with Crippen LogP contribution in [0.3, 0.4) is 0 Å². The van der Waals surface area contributed by atoms with Crippen molar-refractivity contribution in [3.05, 3.63) is 5.82 Å². The second-order valence-electron chi connectivity index (χ2n) is 3.49. The molecule has 0 amide bonds. The highest BCUT2D eigenvalue weighted by Gasteiger charge is 2.24. The summed E-state index contributed by atoms with van der Waals surface area (Å²) in [6.07, 6.45) is 3.49. The molecule has 4 nitrogen and oxygen atoms in total. The fraction of sp³-hybridized carbons (Fsp3) is 0.750. The predicted molar refractivity (Wildman–Crippen MR) is 53.9 cm³/mol. The number of anilines is 1. The van der Waals surface area contributed by atoms with Crippen molar-refractivity contribution in [3.63, 3.8) is 0 Å². The zero-order valence-corrected chi connectivity index (χ0v) is 8.47. The third kappa shape index (κ3) is 1.97. The zero-order chi connectivity index (χ0) is 9.26. The molecule has 72 valence electrons. The Morgan fingerprint density at radius 3 is 2.92 bits per heavy atom. The maximum Gasteiger partial charge on any atom is 0.202 e. The Morgan fingerprint density at radius 2 is 2.38 bits per heavy atom. The molecule has 3 N–H and O–H groups in total. The number of aryl methyl sites for hydroxylation is 1. The first-order valence-electron chi connectivity index (χ1n) is 4.58. The van der Waals surface area contributed by atoms with Crippen LogP contribution in [0.5, 0.6) is 0 Å².